The average molecular weight is 1390 g/mol. The fourth-order valence-corrected chi connectivity index (χ4v) is 10.8. The predicted molar refractivity (Wildman–Crippen MR) is 389 cm³/mol. The molecule has 7 aromatic carbocycles. The Kier molecular flexibility index (Phi) is 31.6. The van der Waals surface area contributed by atoms with Crippen LogP contribution in [0.4, 0.5) is 0 Å². The number of carbonyl (C=O) groups is 6. The highest BCUT2D eigenvalue weighted by molar-refractivity contribution is 5.96. The number of carbonyl (C=O) groups excluding carboxylic acids is 6. The van der Waals surface area contributed by atoms with Gasteiger partial charge in [0.05, 0.1) is 74.1 Å². The first-order valence-electron chi connectivity index (χ1n) is 36.1. The zero-order valence-corrected chi connectivity index (χ0v) is 58.6. The van der Waals surface area contributed by atoms with Gasteiger partial charge in [-0.15, -0.1) is 0 Å². The summed E-state index contributed by atoms with van der Waals surface area (Å²) in [6.45, 7) is 8.32. The summed E-state index contributed by atoms with van der Waals surface area (Å²) in [5.41, 5.74) is 1.63. The van der Waals surface area contributed by atoms with Crippen molar-refractivity contribution < 1.29 is 85.6 Å². The van der Waals surface area contributed by atoms with Gasteiger partial charge in [-0.25, -0.2) is 28.8 Å². The van der Waals surface area contributed by atoms with E-state index in [1.54, 1.807) is 36.4 Å². The summed E-state index contributed by atoms with van der Waals surface area (Å²) >= 11 is 0. The Hall–Kier alpha value is -10.0. The molecule has 18 heteroatoms. The third kappa shape index (κ3) is 27.8. The number of hydrogen-bond donors (Lipinski definition) is 0. The highest BCUT2D eigenvalue weighted by Gasteiger charge is 2.26. The van der Waals surface area contributed by atoms with E-state index in [-0.39, 0.29) is 33.8 Å². The van der Waals surface area contributed by atoms with Gasteiger partial charge in [-0.05, 0) is 183 Å². The second kappa shape index (κ2) is 42.3. The van der Waals surface area contributed by atoms with E-state index in [1.807, 2.05) is 48.5 Å². The largest absolute Gasteiger partial charge is 0.494 e. The number of hydrogen-bond acceptors (Lipinski definition) is 18. The first-order valence-corrected chi connectivity index (χ1v) is 36.1. The van der Waals surface area contributed by atoms with Gasteiger partial charge >= 0.3 is 35.8 Å². The van der Waals surface area contributed by atoms with Crippen molar-refractivity contribution in [2.75, 3.05) is 39.6 Å². The minimum Gasteiger partial charge on any atom is -0.494 e. The molecule has 0 aromatic heterocycles. The molecule has 0 N–H and O–H groups in total. The Bertz CT molecular complexity index is 3550. The van der Waals surface area contributed by atoms with E-state index >= 15 is 0 Å². The Balaban J connectivity index is 0.898. The Morgan fingerprint density at radius 1 is 0.314 bits per heavy atom. The van der Waals surface area contributed by atoms with Gasteiger partial charge in [-0.1, -0.05) is 141 Å². The SMILES string of the molecule is CCCCCCCCOc1ccc(/C=C/C(=O)Oc2ccc(C(=O)Oc3cc(OC(=O)c4ccc(OCCCCCCC5CO5)cc4)c(OC(=O)c4ccc(OC(=O)/C=C/c5ccc(OCCCCCCCC)cc5)cc4)cc3OC(=O)c3ccc(OCCCCCCC4CO4)cc3)cc2)cc1. The van der Waals surface area contributed by atoms with E-state index in [0.29, 0.717) is 50.1 Å². The average Bonchev–Trinajstić information content (AvgIpc) is 1.06. The minimum absolute atomic E-state index is 0.0236. The summed E-state index contributed by atoms with van der Waals surface area (Å²) in [5, 5.41) is 0. The van der Waals surface area contributed by atoms with Gasteiger partial charge in [0, 0.05) is 24.3 Å². The zero-order valence-electron chi connectivity index (χ0n) is 58.6. The van der Waals surface area contributed by atoms with Crippen molar-refractivity contribution in [2.45, 2.75) is 167 Å². The van der Waals surface area contributed by atoms with Crippen LogP contribution in [0.3, 0.4) is 0 Å². The molecule has 0 aliphatic carbocycles. The Morgan fingerprint density at radius 3 is 0.833 bits per heavy atom. The van der Waals surface area contributed by atoms with Crippen LogP contribution in [0.25, 0.3) is 12.2 Å². The number of esters is 6. The second-order valence-corrected chi connectivity index (χ2v) is 25.3. The van der Waals surface area contributed by atoms with E-state index < -0.39 is 58.8 Å². The predicted octanol–water partition coefficient (Wildman–Crippen LogP) is 18.7. The summed E-state index contributed by atoms with van der Waals surface area (Å²) in [4.78, 5) is 82.7. The van der Waals surface area contributed by atoms with E-state index in [1.165, 1.54) is 136 Å². The topological polar surface area (TPSA) is 220 Å². The third-order valence-corrected chi connectivity index (χ3v) is 16.9. The van der Waals surface area contributed by atoms with Crippen LogP contribution < -0.4 is 47.4 Å². The van der Waals surface area contributed by atoms with Gasteiger partial charge in [-0.3, -0.25) is 0 Å². The molecule has 0 amide bonds. The standard InChI is InChI=1S/C84H94O18/c1-3-5-7-9-13-19-53-91-67-39-25-61(26-40-67)29-51-79(85)97-71-47-35-65(36-48-71)83(89)101-77-57-76(100-82(88)64-33-45-70(46-34-64)94-56-22-16-12-18-24-74-60-96-74)78(58-75(77)99-81(87)63-31-43-69(44-32-63)93-55-21-15-11-17-23-73-59-95-73)102-84(90)66-37-49-72(50-38-66)98-80(86)52-30-62-27-41-68(42-28-62)92-54-20-14-10-8-6-4-2/h25-52,57-58,73-74H,3-24,53-56,59-60H2,1-2H3/b51-29+,52-30+. The van der Waals surface area contributed by atoms with Crippen molar-refractivity contribution in [3.05, 3.63) is 203 Å². The van der Waals surface area contributed by atoms with Gasteiger partial charge in [0.1, 0.15) is 34.5 Å². The normalized spacial score (nSPS) is 13.6. The van der Waals surface area contributed by atoms with Crippen LogP contribution in [-0.4, -0.2) is 87.7 Å². The molecule has 102 heavy (non-hydrogen) atoms. The molecule has 0 spiro atoms. The van der Waals surface area contributed by atoms with Crippen LogP contribution in [0.2, 0.25) is 0 Å². The summed E-state index contributed by atoms with van der Waals surface area (Å²) in [5.74, 6) is -3.98. The summed E-state index contributed by atoms with van der Waals surface area (Å²) in [6.07, 6.45) is 30.8. The van der Waals surface area contributed by atoms with Gasteiger partial charge < -0.3 is 56.8 Å². The number of ether oxygens (including phenoxy) is 12. The smallest absolute Gasteiger partial charge is 0.343 e. The molecule has 18 nitrogen and oxygen atoms in total. The molecule has 2 aliphatic heterocycles. The summed E-state index contributed by atoms with van der Waals surface area (Å²) < 4.78 is 69.3. The van der Waals surface area contributed by atoms with Crippen LogP contribution in [-0.2, 0) is 19.1 Å². The zero-order chi connectivity index (χ0) is 71.4. The van der Waals surface area contributed by atoms with Crippen molar-refractivity contribution in [1.82, 2.24) is 0 Å². The highest BCUT2D eigenvalue weighted by atomic mass is 16.6. The van der Waals surface area contributed by atoms with Gasteiger partial charge in [-0.2, -0.15) is 0 Å². The first kappa shape index (κ1) is 76.1. The quantitative estimate of drug-likeness (QED) is 0.0114. The van der Waals surface area contributed by atoms with Crippen molar-refractivity contribution in [2.24, 2.45) is 0 Å². The summed E-state index contributed by atoms with van der Waals surface area (Å²) in [6, 6.07) is 40.6. The lowest BCUT2D eigenvalue weighted by molar-refractivity contribution is -0.129. The maximum Gasteiger partial charge on any atom is 0.343 e. The molecule has 2 atom stereocenters. The maximum atomic E-state index is 14.2. The second-order valence-electron chi connectivity index (χ2n) is 25.3. The molecular weight excluding hydrogens is 1300 g/mol. The molecule has 2 heterocycles. The number of epoxide rings is 2. The van der Waals surface area contributed by atoms with Gasteiger partial charge in [0.15, 0.2) is 23.0 Å². The van der Waals surface area contributed by atoms with E-state index in [0.717, 1.165) is 138 Å². The molecule has 9 rings (SSSR count). The van der Waals surface area contributed by atoms with Crippen LogP contribution in [0.5, 0.6) is 57.5 Å². The fraction of sp³-hybridized carbons (Fsp3) is 0.381. The van der Waals surface area contributed by atoms with E-state index in [9.17, 15) is 28.8 Å². The van der Waals surface area contributed by atoms with Crippen LogP contribution >= 0.6 is 0 Å². The molecule has 7 aromatic rings. The van der Waals surface area contributed by atoms with Gasteiger partial charge in [0.2, 0.25) is 0 Å². The number of unbranched alkanes of at least 4 members (excludes halogenated alkanes) is 16. The van der Waals surface area contributed by atoms with Crippen LogP contribution in [0.15, 0.2) is 170 Å². The Morgan fingerprint density at radius 2 is 0.559 bits per heavy atom. The molecule has 2 saturated heterocycles. The minimum atomic E-state index is -0.970. The number of benzene rings is 7. The van der Waals surface area contributed by atoms with E-state index in [4.69, 9.17) is 56.8 Å². The molecule has 2 unspecified atom stereocenters. The van der Waals surface area contributed by atoms with Crippen LogP contribution in [0.1, 0.15) is 208 Å². The Labute approximate surface area is 598 Å². The lowest BCUT2D eigenvalue weighted by Crippen LogP contribution is -2.16. The molecular formula is C84H94O18. The highest BCUT2D eigenvalue weighted by Crippen LogP contribution is 2.42. The number of rotatable bonds is 46. The van der Waals surface area contributed by atoms with E-state index in [2.05, 4.69) is 13.8 Å². The monoisotopic (exact) mass is 1390 g/mol. The van der Waals surface area contributed by atoms with Crippen molar-refractivity contribution >= 4 is 48.0 Å². The molecule has 0 saturated carbocycles. The lowest BCUT2D eigenvalue weighted by atomic mass is 10.1. The maximum absolute atomic E-state index is 14.2. The van der Waals surface area contributed by atoms with Crippen LogP contribution in [0, 0.1) is 0 Å². The molecule has 2 aliphatic rings. The molecule has 2 fully saturated rings. The lowest BCUT2D eigenvalue weighted by Gasteiger charge is -2.16. The molecule has 0 radical (unpaired) electrons. The third-order valence-electron chi connectivity index (χ3n) is 16.9. The first-order chi connectivity index (χ1) is 49.9. The fourth-order valence-electron chi connectivity index (χ4n) is 10.8. The van der Waals surface area contributed by atoms with Crippen molar-refractivity contribution in [1.29, 1.82) is 0 Å². The van der Waals surface area contributed by atoms with Crippen molar-refractivity contribution in [3.8, 4) is 57.5 Å². The molecule has 0 bridgehead atoms. The molecule has 538 valence electrons. The summed E-state index contributed by atoms with van der Waals surface area (Å²) in [7, 11) is 0. The van der Waals surface area contributed by atoms with Crippen molar-refractivity contribution in [3.63, 3.8) is 0 Å². The van der Waals surface area contributed by atoms with Gasteiger partial charge in [0.25, 0.3) is 0 Å².